The van der Waals surface area contributed by atoms with Crippen molar-refractivity contribution in [3.05, 3.63) is 0 Å². The van der Waals surface area contributed by atoms with Crippen LogP contribution in [0.1, 0.15) is 64.2 Å². The highest BCUT2D eigenvalue weighted by molar-refractivity contribution is 7.42. The van der Waals surface area contributed by atoms with Gasteiger partial charge in [0.05, 0.1) is 26.0 Å². The molecule has 5 aliphatic rings. The van der Waals surface area contributed by atoms with E-state index in [-0.39, 0.29) is 17.5 Å². The van der Waals surface area contributed by atoms with E-state index >= 15 is 0 Å². The maximum absolute atomic E-state index is 12.4. The van der Waals surface area contributed by atoms with Gasteiger partial charge in [-0.3, -0.25) is 9.59 Å². The lowest BCUT2D eigenvalue weighted by Gasteiger charge is -2.60. The molecule has 0 aromatic carbocycles. The van der Waals surface area contributed by atoms with E-state index in [0.717, 1.165) is 44.9 Å². The van der Waals surface area contributed by atoms with Gasteiger partial charge in [0.2, 0.25) is 5.91 Å². The second kappa shape index (κ2) is 12.8. The molecule has 1 amide bonds. The molecule has 8 N–H and O–H groups in total. The maximum atomic E-state index is 12.4. The van der Waals surface area contributed by atoms with Crippen molar-refractivity contribution in [2.24, 2.45) is 23.3 Å². The molecule has 5 rings (SSSR count). The summed E-state index contributed by atoms with van der Waals surface area (Å²) in [6.07, 6.45) is 9.01. The average Bonchev–Trinajstić information content (AvgIpc) is 3.22. The van der Waals surface area contributed by atoms with Crippen molar-refractivity contribution < 1.29 is 39.0 Å². The SMILES string of the molecule is N#C[C@@H]1CCCN1C(=O)CNC12CC3CC(CC(O)(C3)C1)C2.NCCC[C@H](N)C(=O)O.O=P([O-])([O-])O. The lowest BCUT2D eigenvalue weighted by Crippen LogP contribution is -2.65. The second-order valence-corrected chi connectivity index (χ2v) is 11.5. The standard InChI is InChI=1S/C17H25N3O2.C5H12N2O2.H3O4P/c18-9-14-2-1-3-20(14)15(21)10-19-16-5-12-4-13(6-16)8-17(22,7-12)11-16;6-3-1-2-4(7)5(8)9;1-5(2,3)4/h12-14,19,22H,1-8,10-11H2;4H,1-3,6-7H2,(H,8,9);(H3,1,2,3,4)/p-2/t12?,13?,14-,16?,17?;4-;/m00./s1. The second-order valence-electron chi connectivity index (χ2n) is 10.5. The van der Waals surface area contributed by atoms with Crippen LogP contribution in [0.15, 0.2) is 0 Å². The van der Waals surface area contributed by atoms with Crippen molar-refractivity contribution >= 4 is 19.7 Å². The van der Waals surface area contributed by atoms with Gasteiger partial charge in [0.25, 0.3) is 0 Å². The summed E-state index contributed by atoms with van der Waals surface area (Å²) in [6, 6.07) is 1.25. The number of hydrogen-bond donors (Lipinski definition) is 6. The molecule has 0 aromatic heterocycles. The van der Waals surface area contributed by atoms with Crippen molar-refractivity contribution in [1.82, 2.24) is 10.2 Å². The summed E-state index contributed by atoms with van der Waals surface area (Å²) in [7, 11) is -5.14. The minimum Gasteiger partial charge on any atom is -0.790 e. The number of carboxylic acid groups (broad SMARTS) is 1. The molecule has 5 fully saturated rings. The van der Waals surface area contributed by atoms with Crippen LogP contribution < -0.4 is 26.6 Å². The predicted octanol–water partition coefficient (Wildman–Crippen LogP) is -1.88. The molecular weight excluding hydrogens is 493 g/mol. The van der Waals surface area contributed by atoms with Gasteiger partial charge in [-0.05, 0) is 82.6 Å². The fourth-order valence-corrected chi connectivity index (χ4v) is 6.45. The molecule has 1 heterocycles. The van der Waals surface area contributed by atoms with Gasteiger partial charge in [-0.25, -0.2) is 0 Å². The third kappa shape index (κ3) is 9.36. The van der Waals surface area contributed by atoms with Gasteiger partial charge >= 0.3 is 5.97 Å². The molecule has 0 aromatic rings. The van der Waals surface area contributed by atoms with Gasteiger partial charge < -0.3 is 51.1 Å². The Hall–Kier alpha value is -1.62. The van der Waals surface area contributed by atoms with E-state index in [1.54, 1.807) is 4.90 Å². The Morgan fingerprint density at radius 1 is 1.25 bits per heavy atom. The van der Waals surface area contributed by atoms with E-state index in [0.29, 0.717) is 44.3 Å². The lowest BCUT2D eigenvalue weighted by molar-refractivity contribution is -0.337. The molecule has 4 atom stereocenters. The number of nitrogens with zero attached hydrogens (tertiary/aromatic N) is 2. The van der Waals surface area contributed by atoms with Crippen LogP contribution >= 0.6 is 7.82 Å². The molecular formula is C22H38N5O8P-2. The summed E-state index contributed by atoms with van der Waals surface area (Å²) >= 11 is 0. The number of rotatable bonds is 7. The van der Waals surface area contributed by atoms with Gasteiger partial charge in [-0.1, -0.05) is 0 Å². The normalized spacial score (nSPS) is 33.0. The summed E-state index contributed by atoms with van der Waals surface area (Å²) in [4.78, 5) is 48.5. The van der Waals surface area contributed by atoms with Crippen molar-refractivity contribution in [3.63, 3.8) is 0 Å². The Labute approximate surface area is 211 Å². The van der Waals surface area contributed by atoms with E-state index in [1.807, 2.05) is 0 Å². The van der Waals surface area contributed by atoms with Crippen molar-refractivity contribution in [2.45, 2.75) is 87.4 Å². The number of aliphatic hydroxyl groups is 1. The van der Waals surface area contributed by atoms with E-state index < -0.39 is 25.4 Å². The van der Waals surface area contributed by atoms with E-state index in [9.17, 15) is 14.7 Å². The summed E-state index contributed by atoms with van der Waals surface area (Å²) in [5.41, 5.74) is 9.73. The monoisotopic (exact) mass is 531 g/mol. The minimum atomic E-state index is -5.14. The number of hydrogen-bond acceptors (Lipinski definition) is 10. The zero-order chi connectivity index (χ0) is 27.1. The molecule has 0 spiro atoms. The van der Waals surface area contributed by atoms with E-state index in [2.05, 4.69) is 11.4 Å². The molecule has 2 unspecified atom stereocenters. The number of nitrogens with two attached hydrogens (primary N) is 2. The Bertz CT molecular complexity index is 840. The summed E-state index contributed by atoms with van der Waals surface area (Å²) in [6.45, 7) is 1.52. The summed E-state index contributed by atoms with van der Waals surface area (Å²) < 4.78 is 8.66. The fourth-order valence-electron chi connectivity index (χ4n) is 6.45. The number of nitrogens with one attached hydrogen (secondary N) is 1. The van der Waals surface area contributed by atoms with Crippen molar-refractivity contribution in [3.8, 4) is 6.07 Å². The first kappa shape index (κ1) is 30.6. The zero-order valence-electron chi connectivity index (χ0n) is 20.4. The number of carbonyl (C=O) groups excluding carboxylic acids is 1. The average molecular weight is 532 g/mol. The number of carbonyl (C=O) groups is 2. The molecule has 1 saturated heterocycles. The first-order chi connectivity index (χ1) is 16.7. The number of nitriles is 1. The molecule has 4 bridgehead atoms. The van der Waals surface area contributed by atoms with Gasteiger partial charge in [-0.15, -0.1) is 0 Å². The third-order valence-corrected chi connectivity index (χ3v) is 7.40. The topological polar surface area (TPSA) is 249 Å². The molecule has 4 aliphatic carbocycles. The molecule has 4 saturated carbocycles. The molecule has 14 heteroatoms. The van der Waals surface area contributed by atoms with Crippen LogP contribution in [0.25, 0.3) is 0 Å². The molecule has 1 aliphatic heterocycles. The van der Waals surface area contributed by atoms with Crippen LogP contribution in [0.2, 0.25) is 0 Å². The number of amides is 1. The molecule has 206 valence electrons. The predicted molar refractivity (Wildman–Crippen MR) is 124 cm³/mol. The molecule has 36 heavy (non-hydrogen) atoms. The Kier molecular flexibility index (Phi) is 10.8. The van der Waals surface area contributed by atoms with E-state index in [4.69, 9.17) is 41.1 Å². The minimum absolute atomic E-state index is 0.0453. The Morgan fingerprint density at radius 3 is 2.31 bits per heavy atom. The van der Waals surface area contributed by atoms with Crippen LogP contribution in [0.3, 0.4) is 0 Å². The Morgan fingerprint density at radius 2 is 1.83 bits per heavy atom. The first-order valence-electron chi connectivity index (χ1n) is 12.3. The van der Waals surface area contributed by atoms with Gasteiger partial charge in [-0.2, -0.15) is 5.26 Å². The maximum Gasteiger partial charge on any atom is 0.320 e. The highest BCUT2D eigenvalue weighted by atomic mass is 31.2. The number of phosphoric acid groups is 1. The van der Waals surface area contributed by atoms with Crippen molar-refractivity contribution in [1.29, 1.82) is 5.26 Å². The highest BCUT2D eigenvalue weighted by Crippen LogP contribution is 2.57. The quantitative estimate of drug-likeness (QED) is 0.197. The van der Waals surface area contributed by atoms with Gasteiger partial charge in [0.1, 0.15) is 12.1 Å². The highest BCUT2D eigenvalue weighted by Gasteiger charge is 2.57. The van der Waals surface area contributed by atoms with Crippen LogP contribution in [-0.2, 0) is 14.2 Å². The van der Waals surface area contributed by atoms with Crippen LogP contribution in [0.5, 0.6) is 0 Å². The smallest absolute Gasteiger partial charge is 0.320 e. The van der Waals surface area contributed by atoms with Crippen molar-refractivity contribution in [2.75, 3.05) is 19.6 Å². The fraction of sp³-hybridized carbons (Fsp3) is 0.864. The van der Waals surface area contributed by atoms with Gasteiger partial charge in [0, 0.05) is 12.1 Å². The van der Waals surface area contributed by atoms with E-state index in [1.165, 1.54) is 6.42 Å². The largest absolute Gasteiger partial charge is 0.790 e. The van der Waals surface area contributed by atoms with Crippen LogP contribution in [0, 0.1) is 23.2 Å². The molecule has 13 nitrogen and oxygen atoms in total. The Balaban J connectivity index is 0.000000273. The first-order valence-corrected chi connectivity index (χ1v) is 13.8. The lowest BCUT2D eigenvalue weighted by atomic mass is 9.51. The summed E-state index contributed by atoms with van der Waals surface area (Å²) in [5.74, 6) is 0.329. The number of likely N-dealkylation sites (tertiary alicyclic amines) is 1. The zero-order valence-corrected chi connectivity index (χ0v) is 21.3. The van der Waals surface area contributed by atoms with Crippen LogP contribution in [-0.4, -0.2) is 74.7 Å². The third-order valence-electron chi connectivity index (χ3n) is 7.40. The van der Waals surface area contributed by atoms with Crippen LogP contribution in [0.4, 0.5) is 0 Å². The molecule has 0 radical (unpaired) electrons. The number of aliphatic carboxylic acids is 1. The van der Waals surface area contributed by atoms with Gasteiger partial charge in [0.15, 0.2) is 0 Å². The summed E-state index contributed by atoms with van der Waals surface area (Å²) in [5, 5.41) is 31.6. The number of carboxylic acids is 1.